The lowest BCUT2D eigenvalue weighted by Crippen LogP contribution is -2.29. The van der Waals surface area contributed by atoms with Crippen LogP contribution in [0.4, 0.5) is 10.5 Å². The number of sulfone groups is 1. The number of urea groups is 1. The van der Waals surface area contributed by atoms with E-state index in [2.05, 4.69) is 20.8 Å². The summed E-state index contributed by atoms with van der Waals surface area (Å²) in [6, 6.07) is 6.55. The van der Waals surface area contributed by atoms with Crippen LogP contribution in [0.15, 0.2) is 33.9 Å². The molecule has 2 N–H and O–H groups in total. The summed E-state index contributed by atoms with van der Waals surface area (Å²) >= 11 is 5.77. The van der Waals surface area contributed by atoms with Gasteiger partial charge < -0.3 is 15.1 Å². The van der Waals surface area contributed by atoms with Gasteiger partial charge in [-0.1, -0.05) is 23.1 Å². The number of hydrogen-bond acceptors (Lipinski definition) is 6. The van der Waals surface area contributed by atoms with Gasteiger partial charge in [0.05, 0.1) is 0 Å². The molecule has 25 heavy (non-hydrogen) atoms. The van der Waals surface area contributed by atoms with E-state index in [1.165, 1.54) is 0 Å². The number of carbonyl (C=O) groups excluding carboxylic acids is 1. The minimum atomic E-state index is -3.46. The minimum absolute atomic E-state index is 0.281. The molecule has 10 heteroatoms. The molecule has 0 aliphatic rings. The normalized spacial score (nSPS) is 11.3. The molecule has 2 amide bonds. The lowest BCUT2D eigenvalue weighted by molar-refractivity contribution is 0.252. The zero-order valence-corrected chi connectivity index (χ0v) is 15.2. The summed E-state index contributed by atoms with van der Waals surface area (Å²) in [5.41, 5.74) is 0.667. The van der Waals surface area contributed by atoms with Crippen molar-refractivity contribution in [1.29, 1.82) is 0 Å². The van der Waals surface area contributed by atoms with Gasteiger partial charge in [-0.2, -0.15) is 0 Å². The summed E-state index contributed by atoms with van der Waals surface area (Å²) in [4.78, 5) is 11.7. The van der Waals surface area contributed by atoms with Gasteiger partial charge >= 0.3 is 11.3 Å². The molecule has 0 bridgehead atoms. The Hall–Kier alpha value is -2.13. The van der Waals surface area contributed by atoms with E-state index in [4.69, 9.17) is 16.0 Å². The van der Waals surface area contributed by atoms with Crippen molar-refractivity contribution in [3.05, 3.63) is 35.2 Å². The number of hydrogen-bond donors (Lipinski definition) is 2. The number of benzene rings is 1. The molecule has 136 valence electrons. The van der Waals surface area contributed by atoms with E-state index in [9.17, 15) is 13.2 Å². The van der Waals surface area contributed by atoms with Crippen LogP contribution in [0.3, 0.4) is 0 Å². The maximum atomic E-state index is 11.7. The molecule has 0 saturated carbocycles. The van der Waals surface area contributed by atoms with Crippen LogP contribution in [0.2, 0.25) is 5.02 Å². The number of aromatic nitrogens is 2. The fourth-order valence-corrected chi connectivity index (χ4v) is 2.54. The lowest BCUT2D eigenvalue weighted by Gasteiger charge is -2.07. The van der Waals surface area contributed by atoms with Crippen LogP contribution in [0.1, 0.15) is 25.2 Å². The van der Waals surface area contributed by atoms with Gasteiger partial charge in [0.2, 0.25) is 15.7 Å². The van der Waals surface area contributed by atoms with Crippen molar-refractivity contribution in [3.63, 3.8) is 0 Å². The van der Waals surface area contributed by atoms with Crippen molar-refractivity contribution in [1.82, 2.24) is 15.5 Å². The Morgan fingerprint density at radius 1 is 1.16 bits per heavy atom. The number of unbranched alkanes of at least 4 members (excludes halogenated alkanes) is 2. The number of rotatable bonds is 8. The second-order valence-corrected chi connectivity index (χ2v) is 7.76. The fraction of sp³-hybridized carbons (Fsp3) is 0.400. The predicted octanol–water partition coefficient (Wildman–Crippen LogP) is 2.66. The fourth-order valence-electron chi connectivity index (χ4n) is 1.98. The van der Waals surface area contributed by atoms with E-state index in [1.807, 2.05) is 0 Å². The first-order valence-corrected chi connectivity index (χ1v) is 9.94. The van der Waals surface area contributed by atoms with Crippen LogP contribution in [0.25, 0.3) is 0 Å². The Morgan fingerprint density at radius 2 is 1.88 bits per heavy atom. The molecule has 0 saturated heterocycles. The molecule has 0 aliphatic carbocycles. The van der Waals surface area contributed by atoms with Gasteiger partial charge in [-0.3, -0.25) is 0 Å². The molecule has 2 rings (SSSR count). The van der Waals surface area contributed by atoms with Gasteiger partial charge in [0, 0.05) is 29.9 Å². The first-order valence-electron chi connectivity index (χ1n) is 7.67. The maximum absolute atomic E-state index is 11.7. The molecule has 0 unspecified atom stereocenters. The highest BCUT2D eigenvalue weighted by Gasteiger charge is 2.15. The summed E-state index contributed by atoms with van der Waals surface area (Å²) in [5, 5.41) is 12.9. The van der Waals surface area contributed by atoms with Gasteiger partial charge in [-0.15, -0.1) is 5.10 Å². The number of nitrogens with zero attached hydrogens (tertiary/aromatic N) is 2. The molecule has 0 aliphatic heterocycles. The molecule has 0 fully saturated rings. The Labute approximate surface area is 150 Å². The topological polar surface area (TPSA) is 114 Å². The van der Waals surface area contributed by atoms with Crippen LogP contribution in [0, 0.1) is 0 Å². The molecule has 0 atom stereocenters. The van der Waals surface area contributed by atoms with E-state index in [0.29, 0.717) is 29.6 Å². The number of halogens is 1. The van der Waals surface area contributed by atoms with E-state index < -0.39 is 9.84 Å². The lowest BCUT2D eigenvalue weighted by atomic mass is 10.2. The third-order valence-electron chi connectivity index (χ3n) is 3.22. The third-order valence-corrected chi connectivity index (χ3v) is 4.27. The van der Waals surface area contributed by atoms with Crippen LogP contribution < -0.4 is 10.6 Å². The van der Waals surface area contributed by atoms with Gasteiger partial charge in [0.25, 0.3) is 0 Å². The van der Waals surface area contributed by atoms with Crippen LogP contribution in [0.5, 0.6) is 0 Å². The summed E-state index contributed by atoms with van der Waals surface area (Å²) in [6.45, 7) is 0.526. The zero-order valence-electron chi connectivity index (χ0n) is 13.7. The Bertz CT molecular complexity index is 805. The average molecular weight is 387 g/mol. The maximum Gasteiger partial charge on any atom is 0.335 e. The molecular weight excluding hydrogens is 368 g/mol. The van der Waals surface area contributed by atoms with Crippen molar-refractivity contribution in [2.45, 2.75) is 30.9 Å². The van der Waals surface area contributed by atoms with E-state index in [-0.39, 0.29) is 11.3 Å². The summed E-state index contributed by atoms with van der Waals surface area (Å²) in [6.07, 6.45) is 3.88. The minimum Gasteiger partial charge on any atom is -0.413 e. The monoisotopic (exact) mass is 386 g/mol. The van der Waals surface area contributed by atoms with Crippen LogP contribution >= 0.6 is 11.6 Å². The molecule has 2 aromatic rings. The van der Waals surface area contributed by atoms with Gasteiger partial charge in [0.15, 0.2) is 0 Å². The van der Waals surface area contributed by atoms with Crippen molar-refractivity contribution < 1.29 is 17.6 Å². The van der Waals surface area contributed by atoms with Crippen molar-refractivity contribution in [2.24, 2.45) is 0 Å². The number of aryl methyl sites for hydroxylation is 1. The first kappa shape index (κ1) is 19.2. The molecule has 8 nitrogen and oxygen atoms in total. The van der Waals surface area contributed by atoms with E-state index in [0.717, 1.165) is 25.5 Å². The Kier molecular flexibility index (Phi) is 6.77. The standard InChI is InChI=1S/C15H19ClN4O4S/c1-25(22,23)15-20-19-13(24-15)5-3-2-4-10-17-14(21)18-12-8-6-11(16)7-9-12/h6-9H,2-5,10H2,1H3,(H2,17,18,21). The van der Waals surface area contributed by atoms with Crippen molar-refractivity contribution in [2.75, 3.05) is 18.1 Å². The molecule has 1 heterocycles. The zero-order chi connectivity index (χ0) is 18.3. The molecule has 0 radical (unpaired) electrons. The quantitative estimate of drug-likeness (QED) is 0.674. The summed E-state index contributed by atoms with van der Waals surface area (Å²) in [5.74, 6) is 0.300. The SMILES string of the molecule is CS(=O)(=O)c1nnc(CCCCCNC(=O)Nc2ccc(Cl)cc2)o1. The van der Waals surface area contributed by atoms with Crippen LogP contribution in [-0.4, -0.2) is 37.4 Å². The predicted molar refractivity (Wildman–Crippen MR) is 93.4 cm³/mol. The molecule has 0 spiro atoms. The molecule has 1 aromatic carbocycles. The average Bonchev–Trinajstić information content (AvgIpc) is 3.02. The summed E-state index contributed by atoms with van der Waals surface area (Å²) < 4.78 is 27.5. The summed E-state index contributed by atoms with van der Waals surface area (Å²) in [7, 11) is -3.46. The van der Waals surface area contributed by atoms with Crippen molar-refractivity contribution in [3.8, 4) is 0 Å². The van der Waals surface area contributed by atoms with Gasteiger partial charge in [-0.05, 0) is 37.1 Å². The Balaban J connectivity index is 1.59. The highest BCUT2D eigenvalue weighted by Crippen LogP contribution is 2.13. The molecule has 1 aromatic heterocycles. The smallest absolute Gasteiger partial charge is 0.335 e. The highest BCUT2D eigenvalue weighted by atomic mass is 35.5. The van der Waals surface area contributed by atoms with Crippen molar-refractivity contribution >= 4 is 33.2 Å². The van der Waals surface area contributed by atoms with Crippen LogP contribution in [-0.2, 0) is 16.3 Å². The van der Waals surface area contributed by atoms with E-state index in [1.54, 1.807) is 24.3 Å². The van der Waals surface area contributed by atoms with Gasteiger partial charge in [-0.25, -0.2) is 13.2 Å². The number of anilines is 1. The first-order chi connectivity index (χ1) is 11.8. The Morgan fingerprint density at radius 3 is 2.52 bits per heavy atom. The highest BCUT2D eigenvalue weighted by molar-refractivity contribution is 7.90. The second-order valence-electron chi connectivity index (χ2n) is 5.43. The number of carbonyl (C=O) groups is 1. The molecular formula is C15H19ClN4O4S. The largest absolute Gasteiger partial charge is 0.413 e. The number of nitrogens with one attached hydrogen (secondary N) is 2. The van der Waals surface area contributed by atoms with Gasteiger partial charge in [0.1, 0.15) is 0 Å². The van der Waals surface area contributed by atoms with E-state index >= 15 is 0 Å². The second kappa shape index (κ2) is 8.82. The third kappa shape index (κ3) is 6.71. The number of amides is 2.